The fourth-order valence-electron chi connectivity index (χ4n) is 3.23. The van der Waals surface area contributed by atoms with Crippen molar-refractivity contribution in [2.24, 2.45) is 0 Å². The summed E-state index contributed by atoms with van der Waals surface area (Å²) in [7, 11) is 1.65. The molecule has 1 aromatic heterocycles. The van der Waals surface area contributed by atoms with Crippen LogP contribution in [0.4, 0.5) is 5.69 Å². The first kappa shape index (κ1) is 16.4. The first-order valence-electron chi connectivity index (χ1n) is 7.97. The number of carbonyl (C=O) groups excluding carboxylic acids is 1. The molecule has 0 unspecified atom stereocenters. The molecule has 3 aromatic rings. The van der Waals surface area contributed by atoms with Gasteiger partial charge in [-0.2, -0.15) is 0 Å². The third kappa shape index (κ3) is 2.98. The second-order valence-electron chi connectivity index (χ2n) is 5.95. The smallest absolute Gasteiger partial charge is 0.225 e. The lowest BCUT2D eigenvalue weighted by atomic mass is 9.89. The highest BCUT2D eigenvalue weighted by Crippen LogP contribution is 2.47. The van der Waals surface area contributed by atoms with Gasteiger partial charge in [-0.05, 0) is 39.2 Å². The van der Waals surface area contributed by atoms with Crippen molar-refractivity contribution in [1.82, 2.24) is 0 Å². The van der Waals surface area contributed by atoms with Gasteiger partial charge in [-0.1, -0.05) is 36.4 Å². The third-order valence-electron chi connectivity index (χ3n) is 4.45. The SMILES string of the molecule is COc1ccc([C@H]2CC(=O)Nc3c(-c4ccccc4)csc32)cc1Br. The first-order valence-corrected chi connectivity index (χ1v) is 9.64. The zero-order chi connectivity index (χ0) is 17.4. The van der Waals surface area contributed by atoms with E-state index in [2.05, 4.69) is 38.8 Å². The van der Waals surface area contributed by atoms with E-state index in [4.69, 9.17) is 4.74 Å². The maximum absolute atomic E-state index is 12.4. The second kappa shape index (κ2) is 6.65. The van der Waals surface area contributed by atoms with Crippen LogP contribution in [0, 0.1) is 0 Å². The monoisotopic (exact) mass is 413 g/mol. The molecule has 1 amide bonds. The summed E-state index contributed by atoms with van der Waals surface area (Å²) in [5.74, 6) is 0.911. The fourth-order valence-corrected chi connectivity index (χ4v) is 4.95. The molecular weight excluding hydrogens is 398 g/mol. The summed E-state index contributed by atoms with van der Waals surface area (Å²) >= 11 is 5.26. The Hall–Kier alpha value is -2.11. The molecule has 0 radical (unpaired) electrons. The minimum absolute atomic E-state index is 0.0556. The maximum Gasteiger partial charge on any atom is 0.225 e. The van der Waals surface area contributed by atoms with Gasteiger partial charge in [-0.15, -0.1) is 11.3 Å². The summed E-state index contributed by atoms with van der Waals surface area (Å²) < 4.78 is 6.22. The molecule has 1 aliphatic heterocycles. The van der Waals surface area contributed by atoms with Crippen molar-refractivity contribution in [1.29, 1.82) is 0 Å². The standard InChI is InChI=1S/C20H16BrNO2S/c1-24-17-8-7-13(9-16(17)21)14-10-18(23)22-19-15(11-25-20(14)19)12-5-3-2-4-6-12/h2-9,11,14H,10H2,1H3,(H,22,23)/t14-/m1/s1. The Bertz CT molecular complexity index is 936. The zero-order valence-corrected chi connectivity index (χ0v) is 16.0. The Balaban J connectivity index is 1.80. The van der Waals surface area contributed by atoms with Gasteiger partial charge in [0.1, 0.15) is 5.75 Å². The van der Waals surface area contributed by atoms with Crippen molar-refractivity contribution < 1.29 is 9.53 Å². The fraction of sp³-hybridized carbons (Fsp3) is 0.150. The Morgan fingerprint density at radius 2 is 2.00 bits per heavy atom. The van der Waals surface area contributed by atoms with Gasteiger partial charge in [0.05, 0.1) is 17.3 Å². The van der Waals surface area contributed by atoms with E-state index in [0.717, 1.165) is 32.6 Å². The molecule has 0 fully saturated rings. The number of nitrogens with one attached hydrogen (secondary N) is 1. The average Bonchev–Trinajstić information content (AvgIpc) is 3.05. The molecule has 126 valence electrons. The zero-order valence-electron chi connectivity index (χ0n) is 13.6. The van der Waals surface area contributed by atoms with Crippen molar-refractivity contribution in [2.75, 3.05) is 12.4 Å². The Morgan fingerprint density at radius 1 is 1.20 bits per heavy atom. The summed E-state index contributed by atoms with van der Waals surface area (Å²) in [6, 6.07) is 16.2. The summed E-state index contributed by atoms with van der Waals surface area (Å²) in [4.78, 5) is 13.6. The van der Waals surface area contributed by atoms with Gasteiger partial charge in [0.25, 0.3) is 0 Å². The van der Waals surface area contributed by atoms with Gasteiger partial charge in [0.15, 0.2) is 0 Å². The number of hydrogen-bond donors (Lipinski definition) is 1. The number of amides is 1. The molecule has 1 N–H and O–H groups in total. The van der Waals surface area contributed by atoms with Crippen LogP contribution >= 0.6 is 27.3 Å². The van der Waals surface area contributed by atoms with E-state index in [0.29, 0.717) is 6.42 Å². The molecule has 0 saturated carbocycles. The van der Waals surface area contributed by atoms with E-state index in [1.807, 2.05) is 36.4 Å². The topological polar surface area (TPSA) is 38.3 Å². The van der Waals surface area contributed by atoms with Crippen molar-refractivity contribution in [2.45, 2.75) is 12.3 Å². The minimum Gasteiger partial charge on any atom is -0.496 e. The Kier molecular flexibility index (Phi) is 4.36. The van der Waals surface area contributed by atoms with Gasteiger partial charge in [-0.25, -0.2) is 0 Å². The van der Waals surface area contributed by atoms with Gasteiger partial charge in [0.2, 0.25) is 5.91 Å². The highest BCUT2D eigenvalue weighted by Gasteiger charge is 2.30. The quantitative estimate of drug-likeness (QED) is 0.601. The average molecular weight is 414 g/mol. The number of hydrogen-bond acceptors (Lipinski definition) is 3. The molecule has 0 saturated heterocycles. The van der Waals surface area contributed by atoms with Gasteiger partial charge in [0, 0.05) is 28.2 Å². The van der Waals surface area contributed by atoms with Crippen LogP contribution in [-0.4, -0.2) is 13.0 Å². The Morgan fingerprint density at radius 3 is 2.72 bits per heavy atom. The third-order valence-corrected chi connectivity index (χ3v) is 6.17. The predicted molar refractivity (Wildman–Crippen MR) is 106 cm³/mol. The lowest BCUT2D eigenvalue weighted by Crippen LogP contribution is -2.22. The van der Waals surface area contributed by atoms with Crippen molar-refractivity contribution in [3.63, 3.8) is 0 Å². The highest BCUT2D eigenvalue weighted by atomic mass is 79.9. The van der Waals surface area contributed by atoms with Crippen LogP contribution in [0.2, 0.25) is 0 Å². The van der Waals surface area contributed by atoms with Crippen LogP contribution in [0.25, 0.3) is 11.1 Å². The van der Waals surface area contributed by atoms with E-state index in [1.165, 1.54) is 4.88 Å². The molecular formula is C20H16BrNO2S. The molecule has 5 heteroatoms. The van der Waals surface area contributed by atoms with E-state index in [9.17, 15) is 4.79 Å². The molecule has 2 aromatic carbocycles. The number of anilines is 1. The van der Waals surface area contributed by atoms with E-state index >= 15 is 0 Å². The predicted octanol–water partition coefficient (Wildman–Crippen LogP) is 5.66. The number of carbonyl (C=O) groups is 1. The van der Waals surface area contributed by atoms with Crippen molar-refractivity contribution in [3.05, 3.63) is 68.8 Å². The van der Waals surface area contributed by atoms with Crippen LogP contribution < -0.4 is 10.1 Å². The van der Waals surface area contributed by atoms with Crippen LogP contribution in [-0.2, 0) is 4.79 Å². The van der Waals surface area contributed by atoms with E-state index in [-0.39, 0.29) is 11.8 Å². The van der Waals surface area contributed by atoms with Gasteiger partial charge >= 0.3 is 0 Å². The first-order chi connectivity index (χ1) is 12.2. The van der Waals surface area contributed by atoms with Crippen LogP contribution in [0.15, 0.2) is 58.4 Å². The number of ether oxygens (including phenoxy) is 1. The van der Waals surface area contributed by atoms with E-state index in [1.54, 1.807) is 18.4 Å². The van der Waals surface area contributed by atoms with Crippen molar-refractivity contribution in [3.8, 4) is 16.9 Å². The molecule has 0 aliphatic carbocycles. The largest absolute Gasteiger partial charge is 0.496 e. The summed E-state index contributed by atoms with van der Waals surface area (Å²) in [6.45, 7) is 0. The molecule has 2 heterocycles. The molecule has 4 rings (SSSR count). The Labute approximate surface area is 158 Å². The molecule has 0 spiro atoms. The molecule has 0 bridgehead atoms. The second-order valence-corrected chi connectivity index (χ2v) is 7.72. The molecule has 3 nitrogen and oxygen atoms in total. The van der Waals surface area contributed by atoms with Gasteiger partial charge < -0.3 is 10.1 Å². The summed E-state index contributed by atoms with van der Waals surface area (Å²) in [5, 5.41) is 5.22. The number of methoxy groups -OCH3 is 1. The van der Waals surface area contributed by atoms with Gasteiger partial charge in [-0.3, -0.25) is 4.79 Å². The normalized spacial score (nSPS) is 16.2. The maximum atomic E-state index is 12.4. The summed E-state index contributed by atoms with van der Waals surface area (Å²) in [5.41, 5.74) is 4.28. The molecule has 1 atom stereocenters. The van der Waals surface area contributed by atoms with E-state index < -0.39 is 0 Å². The summed E-state index contributed by atoms with van der Waals surface area (Å²) in [6.07, 6.45) is 0.459. The number of halogens is 1. The number of fused-ring (bicyclic) bond motifs is 1. The number of benzene rings is 2. The van der Waals surface area contributed by atoms with Crippen LogP contribution in [0.3, 0.4) is 0 Å². The minimum atomic E-state index is 0.0556. The number of thiophene rings is 1. The lowest BCUT2D eigenvalue weighted by Gasteiger charge is -2.24. The molecule has 1 aliphatic rings. The van der Waals surface area contributed by atoms with Crippen LogP contribution in [0.1, 0.15) is 22.8 Å². The highest BCUT2D eigenvalue weighted by molar-refractivity contribution is 9.10. The molecule has 25 heavy (non-hydrogen) atoms. The van der Waals surface area contributed by atoms with Crippen LogP contribution in [0.5, 0.6) is 5.75 Å². The lowest BCUT2D eigenvalue weighted by molar-refractivity contribution is -0.116. The number of rotatable bonds is 3. The van der Waals surface area contributed by atoms with Crippen molar-refractivity contribution >= 4 is 38.9 Å².